The van der Waals surface area contributed by atoms with Gasteiger partial charge >= 0.3 is 0 Å². The molecule has 2 rings (SSSR count). The highest BCUT2D eigenvalue weighted by Gasteiger charge is 2.08. The first kappa shape index (κ1) is 9.93. The molecule has 1 heterocycles. The highest BCUT2D eigenvalue weighted by atomic mass is 14.9. The van der Waals surface area contributed by atoms with Gasteiger partial charge in [0, 0.05) is 24.9 Å². The topological polar surface area (TPSA) is 54.7 Å². The molecule has 78 valence electrons. The van der Waals surface area contributed by atoms with Gasteiger partial charge in [0.25, 0.3) is 0 Å². The molecule has 1 aromatic carbocycles. The minimum Gasteiger partial charge on any atom is -0.349 e. The third-order valence-corrected chi connectivity index (χ3v) is 2.44. The molecule has 1 aromatic heterocycles. The van der Waals surface area contributed by atoms with Crippen LogP contribution in [-0.4, -0.2) is 9.97 Å². The van der Waals surface area contributed by atoms with Crippen molar-refractivity contribution in [1.82, 2.24) is 9.97 Å². The van der Waals surface area contributed by atoms with Crippen molar-refractivity contribution in [3.05, 3.63) is 53.6 Å². The van der Waals surface area contributed by atoms with Crippen LogP contribution in [0.15, 0.2) is 36.7 Å². The zero-order chi connectivity index (χ0) is 10.7. The van der Waals surface area contributed by atoms with Gasteiger partial charge in [-0.05, 0) is 12.5 Å². The van der Waals surface area contributed by atoms with Crippen LogP contribution in [0.5, 0.6) is 0 Å². The first-order valence-corrected chi connectivity index (χ1v) is 5.06. The molecule has 0 bridgehead atoms. The Hall–Kier alpha value is -1.61. The predicted molar refractivity (Wildman–Crippen MR) is 60.4 cm³/mol. The number of imidazole rings is 1. The van der Waals surface area contributed by atoms with E-state index in [0.717, 1.165) is 17.8 Å². The smallest absolute Gasteiger partial charge is 0.107 e. The molecule has 0 aliphatic rings. The van der Waals surface area contributed by atoms with E-state index in [0.29, 0.717) is 0 Å². The molecule has 0 radical (unpaired) electrons. The Bertz CT molecular complexity index is 420. The Kier molecular flexibility index (Phi) is 2.83. The van der Waals surface area contributed by atoms with Crippen LogP contribution in [0.2, 0.25) is 0 Å². The van der Waals surface area contributed by atoms with Gasteiger partial charge in [-0.15, -0.1) is 0 Å². The van der Waals surface area contributed by atoms with E-state index in [1.807, 2.05) is 12.3 Å². The second-order valence-corrected chi connectivity index (χ2v) is 3.76. The molecule has 0 amide bonds. The molecule has 3 nitrogen and oxygen atoms in total. The SMILES string of the molecule is Cc1cccc([C@@H](N)Cc2ncc[nH]2)c1. The number of nitrogens with one attached hydrogen (secondary N) is 1. The summed E-state index contributed by atoms with van der Waals surface area (Å²) in [4.78, 5) is 7.23. The first-order valence-electron chi connectivity index (χ1n) is 5.06. The van der Waals surface area contributed by atoms with Crippen molar-refractivity contribution < 1.29 is 0 Å². The van der Waals surface area contributed by atoms with Gasteiger partial charge in [-0.3, -0.25) is 0 Å². The summed E-state index contributed by atoms with van der Waals surface area (Å²) in [6.07, 6.45) is 4.31. The van der Waals surface area contributed by atoms with Crippen molar-refractivity contribution >= 4 is 0 Å². The molecule has 0 saturated heterocycles. The number of hydrogen-bond acceptors (Lipinski definition) is 2. The quantitative estimate of drug-likeness (QED) is 0.797. The lowest BCUT2D eigenvalue weighted by molar-refractivity contribution is 0.694. The number of aromatic nitrogens is 2. The van der Waals surface area contributed by atoms with E-state index in [2.05, 4.69) is 35.1 Å². The Labute approximate surface area is 89.4 Å². The van der Waals surface area contributed by atoms with Crippen LogP contribution in [0.4, 0.5) is 0 Å². The van der Waals surface area contributed by atoms with Crippen LogP contribution in [0.1, 0.15) is 23.0 Å². The predicted octanol–water partition coefficient (Wildman–Crippen LogP) is 1.96. The summed E-state index contributed by atoms with van der Waals surface area (Å²) in [6.45, 7) is 2.07. The molecule has 15 heavy (non-hydrogen) atoms. The molecule has 3 heteroatoms. The summed E-state index contributed by atoms with van der Waals surface area (Å²) in [7, 11) is 0. The fourth-order valence-corrected chi connectivity index (χ4v) is 1.64. The average molecular weight is 201 g/mol. The van der Waals surface area contributed by atoms with Crippen molar-refractivity contribution in [3.63, 3.8) is 0 Å². The molecule has 0 spiro atoms. The standard InChI is InChI=1S/C12H15N3/c1-9-3-2-4-10(7-9)11(13)8-12-14-5-6-15-12/h2-7,11H,8,13H2,1H3,(H,14,15)/t11-/m0/s1. The van der Waals surface area contributed by atoms with Gasteiger partial charge in [-0.2, -0.15) is 0 Å². The van der Waals surface area contributed by atoms with Gasteiger partial charge in [0.05, 0.1) is 0 Å². The molecular weight excluding hydrogens is 186 g/mol. The molecule has 0 unspecified atom stereocenters. The van der Waals surface area contributed by atoms with Gasteiger partial charge in [0.2, 0.25) is 0 Å². The highest BCUT2D eigenvalue weighted by molar-refractivity contribution is 5.25. The number of H-pyrrole nitrogens is 1. The van der Waals surface area contributed by atoms with E-state index in [1.165, 1.54) is 5.56 Å². The maximum absolute atomic E-state index is 6.10. The van der Waals surface area contributed by atoms with Crippen LogP contribution in [0.3, 0.4) is 0 Å². The van der Waals surface area contributed by atoms with E-state index >= 15 is 0 Å². The minimum absolute atomic E-state index is 0.0102. The van der Waals surface area contributed by atoms with Crippen molar-refractivity contribution in [2.24, 2.45) is 5.73 Å². The number of aryl methyl sites for hydroxylation is 1. The highest BCUT2D eigenvalue weighted by Crippen LogP contribution is 2.15. The van der Waals surface area contributed by atoms with E-state index in [9.17, 15) is 0 Å². The van der Waals surface area contributed by atoms with Gasteiger partial charge in [-0.25, -0.2) is 4.98 Å². The second-order valence-electron chi connectivity index (χ2n) is 3.76. The summed E-state index contributed by atoms with van der Waals surface area (Å²) in [5.74, 6) is 0.934. The van der Waals surface area contributed by atoms with E-state index in [1.54, 1.807) is 6.20 Å². The number of benzene rings is 1. The molecule has 3 N–H and O–H groups in total. The van der Waals surface area contributed by atoms with Gasteiger partial charge in [-0.1, -0.05) is 29.8 Å². The number of nitrogens with zero attached hydrogens (tertiary/aromatic N) is 1. The summed E-state index contributed by atoms with van der Waals surface area (Å²) >= 11 is 0. The Morgan fingerprint density at radius 2 is 2.33 bits per heavy atom. The average Bonchev–Trinajstić information content (AvgIpc) is 2.70. The zero-order valence-corrected chi connectivity index (χ0v) is 8.77. The molecule has 0 aliphatic heterocycles. The van der Waals surface area contributed by atoms with Crippen molar-refractivity contribution in [1.29, 1.82) is 0 Å². The minimum atomic E-state index is 0.0102. The number of rotatable bonds is 3. The lowest BCUT2D eigenvalue weighted by atomic mass is 10.0. The fourth-order valence-electron chi connectivity index (χ4n) is 1.64. The molecule has 0 saturated carbocycles. The third-order valence-electron chi connectivity index (χ3n) is 2.44. The van der Waals surface area contributed by atoms with Crippen LogP contribution in [0, 0.1) is 6.92 Å². The molecule has 0 aliphatic carbocycles. The van der Waals surface area contributed by atoms with E-state index < -0.39 is 0 Å². The van der Waals surface area contributed by atoms with E-state index in [4.69, 9.17) is 5.73 Å². The van der Waals surface area contributed by atoms with Gasteiger partial charge in [0.1, 0.15) is 5.82 Å². The number of nitrogens with two attached hydrogens (primary N) is 1. The van der Waals surface area contributed by atoms with Crippen LogP contribution >= 0.6 is 0 Å². The van der Waals surface area contributed by atoms with Crippen molar-refractivity contribution in [2.75, 3.05) is 0 Å². The van der Waals surface area contributed by atoms with Crippen LogP contribution < -0.4 is 5.73 Å². The lowest BCUT2D eigenvalue weighted by Gasteiger charge is -2.10. The molecular formula is C12H15N3. The summed E-state index contributed by atoms with van der Waals surface area (Å²) in [5, 5.41) is 0. The molecule has 2 aromatic rings. The van der Waals surface area contributed by atoms with Gasteiger partial charge < -0.3 is 10.7 Å². The monoisotopic (exact) mass is 201 g/mol. The Morgan fingerprint density at radius 3 is 3.00 bits per heavy atom. The van der Waals surface area contributed by atoms with Gasteiger partial charge in [0.15, 0.2) is 0 Å². The summed E-state index contributed by atoms with van der Waals surface area (Å²) in [6, 6.07) is 8.29. The maximum Gasteiger partial charge on any atom is 0.107 e. The third kappa shape index (κ3) is 2.44. The zero-order valence-electron chi connectivity index (χ0n) is 8.77. The Balaban J connectivity index is 2.11. The largest absolute Gasteiger partial charge is 0.349 e. The van der Waals surface area contributed by atoms with E-state index in [-0.39, 0.29) is 6.04 Å². The summed E-state index contributed by atoms with van der Waals surface area (Å²) in [5.41, 5.74) is 8.49. The van der Waals surface area contributed by atoms with Crippen molar-refractivity contribution in [2.45, 2.75) is 19.4 Å². The fraction of sp³-hybridized carbons (Fsp3) is 0.250. The van der Waals surface area contributed by atoms with Crippen LogP contribution in [-0.2, 0) is 6.42 Å². The maximum atomic E-state index is 6.10. The number of hydrogen-bond donors (Lipinski definition) is 2. The molecule has 1 atom stereocenters. The first-order chi connectivity index (χ1) is 7.25. The molecule has 0 fully saturated rings. The summed E-state index contributed by atoms with van der Waals surface area (Å²) < 4.78 is 0. The number of aromatic amines is 1. The second kappa shape index (κ2) is 4.28. The Morgan fingerprint density at radius 1 is 1.47 bits per heavy atom. The lowest BCUT2D eigenvalue weighted by Crippen LogP contribution is -2.14. The van der Waals surface area contributed by atoms with Crippen LogP contribution in [0.25, 0.3) is 0 Å². The normalized spacial score (nSPS) is 12.7. The van der Waals surface area contributed by atoms with Crippen molar-refractivity contribution in [3.8, 4) is 0 Å².